The third kappa shape index (κ3) is 4.09. The molecule has 0 amide bonds. The second-order valence-electron chi connectivity index (χ2n) is 2.65. The quantitative estimate of drug-likeness (QED) is 0.672. The minimum Gasteiger partial charge on any atom is -0.408 e. The Balaban J connectivity index is 2.45. The van der Waals surface area contributed by atoms with Gasteiger partial charge in [-0.1, -0.05) is 18.1 Å². The van der Waals surface area contributed by atoms with Crippen molar-refractivity contribution in [2.45, 2.75) is 13.8 Å². The summed E-state index contributed by atoms with van der Waals surface area (Å²) in [7, 11) is -0.216. The summed E-state index contributed by atoms with van der Waals surface area (Å²) in [6.45, 7) is 5.26. The Bertz CT molecular complexity index is 253. The van der Waals surface area contributed by atoms with Crippen LogP contribution in [0.25, 0.3) is 6.08 Å². The normalized spacial score (nSPS) is 11.0. The minimum absolute atomic E-state index is 0.216. The Morgan fingerprint density at radius 2 is 2.07 bits per heavy atom. The van der Waals surface area contributed by atoms with Gasteiger partial charge in [0.15, 0.2) is 0 Å². The summed E-state index contributed by atoms with van der Waals surface area (Å²) in [4.78, 5) is 1.22. The largest absolute Gasteiger partial charge is 0.486 e. The fourth-order valence-corrected chi connectivity index (χ4v) is 1.68. The van der Waals surface area contributed by atoms with Gasteiger partial charge in [-0.2, -0.15) is 0 Å². The van der Waals surface area contributed by atoms with Crippen LogP contribution in [-0.2, 0) is 9.31 Å². The fraction of sp³-hybridized carbons (Fsp3) is 0.400. The molecule has 0 spiro atoms. The maximum atomic E-state index is 5.38. The van der Waals surface area contributed by atoms with Crippen molar-refractivity contribution in [3.05, 3.63) is 28.4 Å². The Morgan fingerprint density at radius 1 is 1.36 bits per heavy atom. The molecule has 4 heteroatoms. The summed E-state index contributed by atoms with van der Waals surface area (Å²) in [5, 5.41) is 2.05. The van der Waals surface area contributed by atoms with Gasteiger partial charge in [0.25, 0.3) is 0 Å². The molecule has 0 aliphatic heterocycles. The first-order valence-electron chi connectivity index (χ1n) is 4.81. The van der Waals surface area contributed by atoms with Crippen molar-refractivity contribution < 1.29 is 9.31 Å². The van der Waals surface area contributed by atoms with E-state index in [1.54, 1.807) is 11.3 Å². The molecule has 0 aliphatic rings. The first-order chi connectivity index (χ1) is 6.86. The van der Waals surface area contributed by atoms with E-state index in [0.717, 1.165) is 0 Å². The molecule has 0 bridgehead atoms. The van der Waals surface area contributed by atoms with Crippen molar-refractivity contribution in [2.75, 3.05) is 13.2 Å². The lowest BCUT2D eigenvalue weighted by molar-refractivity contribution is 0.224. The van der Waals surface area contributed by atoms with Crippen LogP contribution in [0.2, 0.25) is 0 Å². The average molecular weight is 210 g/mol. The van der Waals surface area contributed by atoms with Crippen molar-refractivity contribution in [1.82, 2.24) is 0 Å². The summed E-state index contributed by atoms with van der Waals surface area (Å²) < 4.78 is 10.8. The minimum atomic E-state index is -0.216. The van der Waals surface area contributed by atoms with E-state index >= 15 is 0 Å². The van der Waals surface area contributed by atoms with Gasteiger partial charge >= 0.3 is 7.12 Å². The van der Waals surface area contributed by atoms with Gasteiger partial charge in [-0.15, -0.1) is 11.3 Å². The Kier molecular flexibility index (Phi) is 5.60. The van der Waals surface area contributed by atoms with Gasteiger partial charge in [0.2, 0.25) is 0 Å². The number of thiophene rings is 1. The zero-order valence-corrected chi connectivity index (χ0v) is 9.42. The number of hydrogen-bond donors (Lipinski definition) is 0. The lowest BCUT2D eigenvalue weighted by Gasteiger charge is -2.07. The zero-order chi connectivity index (χ0) is 10.2. The molecule has 0 saturated carbocycles. The lowest BCUT2D eigenvalue weighted by atomic mass is 9.89. The van der Waals surface area contributed by atoms with E-state index in [9.17, 15) is 0 Å². The SMILES string of the molecule is CCOB(/C=C/c1cccs1)OCC. The molecule has 0 N–H and O–H groups in total. The van der Waals surface area contributed by atoms with Crippen LogP contribution in [0.4, 0.5) is 0 Å². The first kappa shape index (κ1) is 11.5. The smallest absolute Gasteiger partial charge is 0.408 e. The Morgan fingerprint density at radius 3 is 2.57 bits per heavy atom. The van der Waals surface area contributed by atoms with Crippen molar-refractivity contribution in [1.29, 1.82) is 0 Å². The molecule has 0 radical (unpaired) electrons. The highest BCUT2D eigenvalue weighted by Crippen LogP contribution is 2.10. The summed E-state index contributed by atoms with van der Waals surface area (Å²) in [6.07, 6.45) is 2.03. The van der Waals surface area contributed by atoms with E-state index in [0.29, 0.717) is 13.2 Å². The van der Waals surface area contributed by atoms with E-state index in [4.69, 9.17) is 9.31 Å². The third-order valence-electron chi connectivity index (χ3n) is 1.62. The maximum absolute atomic E-state index is 5.38. The fourth-order valence-electron chi connectivity index (χ4n) is 1.05. The lowest BCUT2D eigenvalue weighted by Crippen LogP contribution is -2.20. The third-order valence-corrected chi connectivity index (χ3v) is 2.46. The van der Waals surface area contributed by atoms with Crippen molar-refractivity contribution >= 4 is 24.5 Å². The first-order valence-corrected chi connectivity index (χ1v) is 5.69. The van der Waals surface area contributed by atoms with Crippen LogP contribution >= 0.6 is 11.3 Å². The molecule has 0 fully saturated rings. The molecule has 1 rings (SSSR count). The van der Waals surface area contributed by atoms with E-state index in [1.165, 1.54) is 4.88 Å². The molecular formula is C10H15BO2S. The van der Waals surface area contributed by atoms with Crippen LogP contribution < -0.4 is 0 Å². The molecule has 0 unspecified atom stereocenters. The van der Waals surface area contributed by atoms with Crippen LogP contribution in [0.5, 0.6) is 0 Å². The van der Waals surface area contributed by atoms with Crippen LogP contribution in [-0.4, -0.2) is 20.3 Å². The maximum Gasteiger partial charge on any atom is 0.486 e. The van der Waals surface area contributed by atoms with Crippen LogP contribution in [0, 0.1) is 0 Å². The molecule has 0 saturated heterocycles. The van der Waals surface area contributed by atoms with Crippen LogP contribution in [0.3, 0.4) is 0 Å². The van der Waals surface area contributed by atoms with Gasteiger partial charge in [0.05, 0.1) is 0 Å². The van der Waals surface area contributed by atoms with Gasteiger partial charge in [0.1, 0.15) is 0 Å². The predicted molar refractivity (Wildman–Crippen MR) is 62.4 cm³/mol. The highest BCUT2D eigenvalue weighted by molar-refractivity contribution is 7.10. The van der Waals surface area contributed by atoms with E-state index in [1.807, 2.05) is 32.0 Å². The van der Waals surface area contributed by atoms with Crippen molar-refractivity contribution in [2.24, 2.45) is 0 Å². The Labute approximate surface area is 89.7 Å². The summed E-state index contributed by atoms with van der Waals surface area (Å²) in [6, 6.07) is 4.09. The van der Waals surface area contributed by atoms with Gasteiger partial charge in [-0.05, 0) is 25.3 Å². The molecule has 0 aromatic carbocycles. The number of hydrogen-bond acceptors (Lipinski definition) is 3. The average Bonchev–Trinajstić information content (AvgIpc) is 2.67. The molecule has 1 aromatic heterocycles. The highest BCUT2D eigenvalue weighted by Gasteiger charge is 2.11. The van der Waals surface area contributed by atoms with Crippen LogP contribution in [0.15, 0.2) is 23.5 Å². The standard InChI is InChI=1S/C10H15BO2S/c1-3-12-11(13-4-2)8-7-10-6-5-9-14-10/h5-9H,3-4H2,1-2H3/b8-7+. The Hall–Kier alpha value is -0.575. The van der Waals surface area contributed by atoms with Crippen LogP contribution in [0.1, 0.15) is 18.7 Å². The second-order valence-corrected chi connectivity index (χ2v) is 3.63. The monoisotopic (exact) mass is 210 g/mol. The molecular weight excluding hydrogens is 195 g/mol. The molecule has 0 aliphatic carbocycles. The highest BCUT2D eigenvalue weighted by atomic mass is 32.1. The van der Waals surface area contributed by atoms with Crippen molar-refractivity contribution in [3.63, 3.8) is 0 Å². The number of rotatable bonds is 6. The summed E-state index contributed by atoms with van der Waals surface area (Å²) in [5.74, 6) is 1.94. The van der Waals surface area contributed by atoms with E-state index in [2.05, 4.69) is 11.4 Å². The predicted octanol–water partition coefficient (Wildman–Crippen LogP) is 2.86. The van der Waals surface area contributed by atoms with E-state index < -0.39 is 0 Å². The van der Waals surface area contributed by atoms with Gasteiger partial charge < -0.3 is 9.31 Å². The second kappa shape index (κ2) is 6.82. The molecule has 14 heavy (non-hydrogen) atoms. The zero-order valence-electron chi connectivity index (χ0n) is 8.60. The van der Waals surface area contributed by atoms with Gasteiger partial charge in [-0.25, -0.2) is 0 Å². The molecule has 1 heterocycles. The summed E-state index contributed by atoms with van der Waals surface area (Å²) >= 11 is 1.70. The molecule has 2 nitrogen and oxygen atoms in total. The topological polar surface area (TPSA) is 18.5 Å². The van der Waals surface area contributed by atoms with Gasteiger partial charge in [-0.3, -0.25) is 0 Å². The summed E-state index contributed by atoms with van der Waals surface area (Å²) in [5.41, 5.74) is 0. The van der Waals surface area contributed by atoms with Crippen molar-refractivity contribution in [3.8, 4) is 0 Å². The van der Waals surface area contributed by atoms with E-state index in [-0.39, 0.29) is 7.12 Å². The molecule has 1 aromatic rings. The molecule has 76 valence electrons. The van der Waals surface area contributed by atoms with Gasteiger partial charge in [0, 0.05) is 18.1 Å². The molecule has 0 atom stereocenters.